The van der Waals surface area contributed by atoms with Crippen LogP contribution in [0.15, 0.2) is 29.2 Å². The summed E-state index contributed by atoms with van der Waals surface area (Å²) in [5, 5.41) is 8.46. The van der Waals surface area contributed by atoms with Crippen molar-refractivity contribution in [1.29, 1.82) is 0 Å². The molecule has 0 saturated carbocycles. The molecule has 0 aliphatic carbocycles. The number of nitrogens with one attached hydrogen (secondary N) is 1. The summed E-state index contributed by atoms with van der Waals surface area (Å²) in [5.41, 5.74) is 0.883. The van der Waals surface area contributed by atoms with E-state index in [2.05, 4.69) is 19.2 Å². The molecule has 0 heterocycles. The molecule has 0 aromatic heterocycles. The summed E-state index contributed by atoms with van der Waals surface area (Å²) in [7, 11) is -1.98. The van der Waals surface area contributed by atoms with Gasteiger partial charge in [0.2, 0.25) is 10.0 Å². The summed E-state index contributed by atoms with van der Waals surface area (Å²) in [6.07, 6.45) is 0. The summed E-state index contributed by atoms with van der Waals surface area (Å²) in [5.74, 6) is 0.432. The molecule has 1 aromatic carbocycles. The van der Waals surface area contributed by atoms with E-state index in [0.717, 1.165) is 5.56 Å². The molecule has 1 unspecified atom stereocenters. The van der Waals surface area contributed by atoms with Gasteiger partial charge in [-0.05, 0) is 23.6 Å². The highest BCUT2D eigenvalue weighted by molar-refractivity contribution is 7.89. The number of nitrogens with two attached hydrogens (primary N) is 1. The molecule has 0 spiro atoms. The van der Waals surface area contributed by atoms with Crippen LogP contribution < -0.4 is 10.5 Å². The van der Waals surface area contributed by atoms with Gasteiger partial charge in [-0.3, -0.25) is 0 Å². The van der Waals surface area contributed by atoms with Crippen molar-refractivity contribution in [3.05, 3.63) is 29.8 Å². The maximum Gasteiger partial charge on any atom is 0.238 e. The lowest BCUT2D eigenvalue weighted by Gasteiger charge is -2.21. The molecule has 0 saturated heterocycles. The van der Waals surface area contributed by atoms with Gasteiger partial charge in [0.25, 0.3) is 0 Å². The average molecular weight is 286 g/mol. The third-order valence-electron chi connectivity index (χ3n) is 2.95. The predicted molar refractivity (Wildman–Crippen MR) is 75.2 cm³/mol. The molecule has 0 aliphatic rings. The van der Waals surface area contributed by atoms with Crippen LogP contribution in [-0.4, -0.2) is 28.2 Å². The molecular weight excluding hydrogens is 264 g/mol. The highest BCUT2D eigenvalue weighted by Gasteiger charge is 2.13. The molecule has 1 atom stereocenters. The molecule has 3 N–H and O–H groups in total. The molecule has 0 radical (unpaired) electrons. The number of hydrogen-bond acceptors (Lipinski definition) is 4. The predicted octanol–water partition coefficient (Wildman–Crippen LogP) is 1.09. The van der Waals surface area contributed by atoms with Crippen LogP contribution in [0.4, 0.5) is 0 Å². The average Bonchev–Trinajstić information content (AvgIpc) is 2.33. The third-order valence-corrected chi connectivity index (χ3v) is 3.86. The van der Waals surface area contributed by atoms with Crippen molar-refractivity contribution < 1.29 is 13.2 Å². The van der Waals surface area contributed by atoms with E-state index in [0.29, 0.717) is 19.1 Å². The molecule has 0 amide bonds. The molecular formula is C13H22N2O3S. The smallest absolute Gasteiger partial charge is 0.238 e. The molecule has 1 rings (SSSR count). The van der Waals surface area contributed by atoms with Crippen molar-refractivity contribution in [1.82, 2.24) is 5.32 Å². The standard InChI is InChI=1S/C13H22N2O3S/c1-10(2)13(9-18-3)15-8-11-5-4-6-12(7-11)19(14,16)17/h4-7,10,13,15H,8-9H2,1-3H3,(H2,14,16,17). The minimum absolute atomic E-state index is 0.139. The largest absolute Gasteiger partial charge is 0.383 e. The zero-order chi connectivity index (χ0) is 14.5. The van der Waals surface area contributed by atoms with Crippen LogP contribution in [0.1, 0.15) is 19.4 Å². The molecule has 108 valence electrons. The second-order valence-electron chi connectivity index (χ2n) is 4.88. The van der Waals surface area contributed by atoms with Gasteiger partial charge in [-0.15, -0.1) is 0 Å². The molecule has 0 fully saturated rings. The van der Waals surface area contributed by atoms with Gasteiger partial charge in [0.15, 0.2) is 0 Å². The highest BCUT2D eigenvalue weighted by atomic mass is 32.2. The quantitative estimate of drug-likeness (QED) is 0.786. The fourth-order valence-electron chi connectivity index (χ4n) is 1.75. The van der Waals surface area contributed by atoms with E-state index in [1.54, 1.807) is 19.2 Å². The molecule has 1 aromatic rings. The molecule has 0 aliphatic heterocycles. The lowest BCUT2D eigenvalue weighted by molar-refractivity contribution is 0.146. The van der Waals surface area contributed by atoms with Gasteiger partial charge in [0.1, 0.15) is 0 Å². The SMILES string of the molecule is COCC(NCc1cccc(S(N)(=O)=O)c1)C(C)C. The number of rotatable bonds is 7. The van der Waals surface area contributed by atoms with Crippen LogP contribution >= 0.6 is 0 Å². The second-order valence-corrected chi connectivity index (χ2v) is 6.44. The zero-order valence-corrected chi connectivity index (χ0v) is 12.4. The molecule has 0 bridgehead atoms. The maximum atomic E-state index is 11.3. The van der Waals surface area contributed by atoms with Crippen molar-refractivity contribution in [3.63, 3.8) is 0 Å². The first kappa shape index (κ1) is 16.1. The summed E-state index contributed by atoms with van der Waals surface area (Å²) < 4.78 is 27.7. The van der Waals surface area contributed by atoms with E-state index < -0.39 is 10.0 Å². The van der Waals surface area contributed by atoms with Gasteiger partial charge in [0.05, 0.1) is 11.5 Å². The maximum absolute atomic E-state index is 11.3. The van der Waals surface area contributed by atoms with E-state index in [-0.39, 0.29) is 10.9 Å². The van der Waals surface area contributed by atoms with E-state index in [1.807, 2.05) is 6.07 Å². The topological polar surface area (TPSA) is 81.4 Å². The molecule has 19 heavy (non-hydrogen) atoms. The first-order valence-electron chi connectivity index (χ1n) is 6.18. The van der Waals surface area contributed by atoms with Crippen molar-refractivity contribution in [3.8, 4) is 0 Å². The van der Waals surface area contributed by atoms with Crippen molar-refractivity contribution in [2.45, 2.75) is 31.3 Å². The Morgan fingerprint density at radius 1 is 1.37 bits per heavy atom. The summed E-state index contributed by atoms with van der Waals surface area (Å²) >= 11 is 0. The van der Waals surface area contributed by atoms with Crippen LogP contribution in [-0.2, 0) is 21.3 Å². The number of hydrogen-bond donors (Lipinski definition) is 2. The summed E-state index contributed by atoms with van der Waals surface area (Å²) in [4.78, 5) is 0.139. The minimum atomic E-state index is -3.64. The van der Waals surface area contributed by atoms with Gasteiger partial charge in [-0.25, -0.2) is 13.6 Å². The highest BCUT2D eigenvalue weighted by Crippen LogP contribution is 2.10. The fraction of sp³-hybridized carbons (Fsp3) is 0.538. The Bertz CT molecular complexity index is 500. The minimum Gasteiger partial charge on any atom is -0.383 e. The number of benzene rings is 1. The van der Waals surface area contributed by atoms with Gasteiger partial charge in [-0.1, -0.05) is 26.0 Å². The van der Waals surface area contributed by atoms with Gasteiger partial charge >= 0.3 is 0 Å². The summed E-state index contributed by atoms with van der Waals surface area (Å²) in [6, 6.07) is 6.87. The monoisotopic (exact) mass is 286 g/mol. The Morgan fingerprint density at radius 2 is 2.05 bits per heavy atom. The lowest BCUT2D eigenvalue weighted by atomic mass is 10.1. The van der Waals surface area contributed by atoms with Crippen LogP contribution in [0.5, 0.6) is 0 Å². The Kier molecular flexibility index (Phi) is 5.93. The number of sulfonamides is 1. The lowest BCUT2D eigenvalue weighted by Crippen LogP contribution is -2.37. The van der Waals surface area contributed by atoms with Gasteiger partial charge in [0, 0.05) is 19.7 Å². The Hall–Kier alpha value is -0.950. The van der Waals surface area contributed by atoms with Gasteiger partial charge < -0.3 is 10.1 Å². The van der Waals surface area contributed by atoms with Crippen molar-refractivity contribution >= 4 is 10.0 Å². The normalized spacial score (nSPS) is 13.7. The van der Waals surface area contributed by atoms with Crippen LogP contribution in [0.2, 0.25) is 0 Å². The number of primary sulfonamides is 1. The van der Waals surface area contributed by atoms with Crippen LogP contribution in [0.3, 0.4) is 0 Å². The number of ether oxygens (including phenoxy) is 1. The van der Waals surface area contributed by atoms with Crippen molar-refractivity contribution in [2.75, 3.05) is 13.7 Å². The van der Waals surface area contributed by atoms with Crippen molar-refractivity contribution in [2.24, 2.45) is 11.1 Å². The molecule has 5 nitrogen and oxygen atoms in total. The fourth-order valence-corrected chi connectivity index (χ4v) is 2.33. The van der Waals surface area contributed by atoms with E-state index in [1.165, 1.54) is 6.07 Å². The van der Waals surface area contributed by atoms with Crippen LogP contribution in [0.25, 0.3) is 0 Å². The van der Waals surface area contributed by atoms with Gasteiger partial charge in [-0.2, -0.15) is 0 Å². The zero-order valence-electron chi connectivity index (χ0n) is 11.6. The van der Waals surface area contributed by atoms with Crippen LogP contribution in [0, 0.1) is 5.92 Å². The Labute approximate surface area is 115 Å². The summed E-state index contributed by atoms with van der Waals surface area (Å²) in [6.45, 7) is 5.41. The third kappa shape index (κ3) is 5.28. The first-order valence-corrected chi connectivity index (χ1v) is 7.73. The number of methoxy groups -OCH3 is 1. The van der Waals surface area contributed by atoms with E-state index in [9.17, 15) is 8.42 Å². The Morgan fingerprint density at radius 3 is 2.58 bits per heavy atom. The van der Waals surface area contributed by atoms with E-state index >= 15 is 0 Å². The second kappa shape index (κ2) is 7.00. The molecule has 6 heteroatoms. The first-order chi connectivity index (χ1) is 8.84. The van der Waals surface area contributed by atoms with E-state index in [4.69, 9.17) is 9.88 Å². The Balaban J connectivity index is 2.72.